The molecule has 0 saturated heterocycles. The van der Waals surface area contributed by atoms with Gasteiger partial charge in [0.1, 0.15) is 17.8 Å². The van der Waals surface area contributed by atoms with Crippen molar-refractivity contribution in [3.8, 4) is 0 Å². The van der Waals surface area contributed by atoms with Crippen LogP contribution in [0.5, 0.6) is 0 Å². The zero-order valence-corrected chi connectivity index (χ0v) is 14.4. The molecule has 2 aromatic heterocycles. The van der Waals surface area contributed by atoms with Crippen LogP contribution in [0.2, 0.25) is 0 Å². The van der Waals surface area contributed by atoms with E-state index in [1.165, 1.54) is 11.9 Å². The molecule has 3 aromatic rings. The summed E-state index contributed by atoms with van der Waals surface area (Å²) in [4.78, 5) is 24.7. The molecule has 132 valence electrons. The minimum atomic E-state index is -0.193. The Morgan fingerprint density at radius 3 is 2.62 bits per heavy atom. The summed E-state index contributed by atoms with van der Waals surface area (Å²) in [5.74, 6) is 0.404. The normalized spacial score (nSPS) is 10.3. The molecule has 0 bridgehead atoms. The van der Waals surface area contributed by atoms with Gasteiger partial charge >= 0.3 is 0 Å². The van der Waals surface area contributed by atoms with Gasteiger partial charge in [0.05, 0.1) is 12.2 Å². The Kier molecular flexibility index (Phi) is 6.25. The van der Waals surface area contributed by atoms with Crippen LogP contribution >= 0.6 is 0 Å². The van der Waals surface area contributed by atoms with Crippen molar-refractivity contribution < 1.29 is 4.79 Å². The number of hydrogen-bond acceptors (Lipinski definition) is 5. The fraction of sp³-hybridized carbons (Fsp3) is 0.200. The molecule has 0 radical (unpaired) electrons. The molecule has 0 fully saturated rings. The summed E-state index contributed by atoms with van der Waals surface area (Å²) in [6, 6.07) is 17.6. The predicted octanol–water partition coefficient (Wildman–Crippen LogP) is 2.85. The molecule has 6 heteroatoms. The number of nitrogens with one attached hydrogen (secondary N) is 2. The first-order valence-corrected chi connectivity index (χ1v) is 8.59. The summed E-state index contributed by atoms with van der Waals surface area (Å²) >= 11 is 0. The second-order valence-corrected chi connectivity index (χ2v) is 5.81. The van der Waals surface area contributed by atoms with Crippen LogP contribution in [0.1, 0.15) is 28.2 Å². The maximum absolute atomic E-state index is 12.2. The van der Waals surface area contributed by atoms with Gasteiger partial charge in [0.2, 0.25) is 0 Å². The molecule has 26 heavy (non-hydrogen) atoms. The van der Waals surface area contributed by atoms with Crippen LogP contribution in [-0.2, 0) is 13.0 Å². The van der Waals surface area contributed by atoms with Gasteiger partial charge in [-0.3, -0.25) is 9.78 Å². The van der Waals surface area contributed by atoms with Gasteiger partial charge in [0, 0.05) is 18.8 Å². The van der Waals surface area contributed by atoms with Gasteiger partial charge in [-0.05, 0) is 30.5 Å². The number of pyridine rings is 1. The molecule has 1 amide bonds. The number of rotatable bonds is 8. The first-order valence-electron chi connectivity index (χ1n) is 8.59. The van der Waals surface area contributed by atoms with E-state index in [0.717, 1.165) is 18.5 Å². The summed E-state index contributed by atoms with van der Waals surface area (Å²) in [5.41, 5.74) is 2.52. The molecule has 0 aliphatic rings. The summed E-state index contributed by atoms with van der Waals surface area (Å²) in [5, 5.41) is 6.05. The predicted molar refractivity (Wildman–Crippen MR) is 101 cm³/mol. The minimum absolute atomic E-state index is 0.193. The van der Waals surface area contributed by atoms with Gasteiger partial charge in [0.25, 0.3) is 5.91 Å². The van der Waals surface area contributed by atoms with Crippen LogP contribution in [0.25, 0.3) is 0 Å². The standard InChI is InChI=1S/C20H21N5O/c26-20(22-12-6-9-16-7-2-1-3-8-16)18-13-19(25-15-24-18)23-14-17-10-4-5-11-21-17/h1-5,7-8,10-11,13,15H,6,9,12,14H2,(H,22,26)(H,23,24,25). The quantitative estimate of drug-likeness (QED) is 0.613. The third kappa shape index (κ3) is 5.37. The van der Waals surface area contributed by atoms with Gasteiger partial charge in [0.15, 0.2) is 0 Å². The van der Waals surface area contributed by atoms with Crippen molar-refractivity contribution in [3.05, 3.63) is 84.1 Å². The van der Waals surface area contributed by atoms with E-state index in [4.69, 9.17) is 0 Å². The molecule has 0 atom stereocenters. The highest BCUT2D eigenvalue weighted by Crippen LogP contribution is 2.06. The highest BCUT2D eigenvalue weighted by molar-refractivity contribution is 5.92. The average Bonchev–Trinajstić information content (AvgIpc) is 2.71. The van der Waals surface area contributed by atoms with Gasteiger partial charge in [-0.1, -0.05) is 36.4 Å². The molecule has 0 aliphatic carbocycles. The molecule has 6 nitrogen and oxygen atoms in total. The van der Waals surface area contributed by atoms with Crippen LogP contribution in [0.4, 0.5) is 5.82 Å². The fourth-order valence-corrected chi connectivity index (χ4v) is 2.49. The second-order valence-electron chi connectivity index (χ2n) is 5.81. The van der Waals surface area contributed by atoms with Gasteiger partial charge in [-0.2, -0.15) is 0 Å². The molecule has 0 spiro atoms. The number of carbonyl (C=O) groups is 1. The SMILES string of the molecule is O=C(NCCCc1ccccc1)c1cc(NCc2ccccn2)ncn1. The maximum atomic E-state index is 12.2. The largest absolute Gasteiger partial charge is 0.364 e. The van der Waals surface area contributed by atoms with E-state index < -0.39 is 0 Å². The Hall–Kier alpha value is -3.28. The van der Waals surface area contributed by atoms with Crippen LogP contribution in [0.3, 0.4) is 0 Å². The third-order valence-corrected chi connectivity index (χ3v) is 3.85. The Labute approximate surface area is 152 Å². The number of aryl methyl sites for hydroxylation is 1. The number of benzene rings is 1. The number of nitrogens with zero attached hydrogens (tertiary/aromatic N) is 3. The Balaban J connectivity index is 1.46. The lowest BCUT2D eigenvalue weighted by Gasteiger charge is -2.07. The lowest BCUT2D eigenvalue weighted by Crippen LogP contribution is -2.26. The van der Waals surface area contributed by atoms with Gasteiger partial charge in [-0.25, -0.2) is 9.97 Å². The van der Waals surface area contributed by atoms with Crippen LogP contribution in [0, 0.1) is 0 Å². The molecule has 0 saturated carbocycles. The monoisotopic (exact) mass is 347 g/mol. The lowest BCUT2D eigenvalue weighted by molar-refractivity contribution is 0.0948. The number of amides is 1. The third-order valence-electron chi connectivity index (χ3n) is 3.85. The Morgan fingerprint density at radius 1 is 0.962 bits per heavy atom. The summed E-state index contributed by atoms with van der Waals surface area (Å²) in [7, 11) is 0. The van der Waals surface area contributed by atoms with Crippen LogP contribution in [0.15, 0.2) is 67.1 Å². The van der Waals surface area contributed by atoms with Crippen molar-refractivity contribution in [1.29, 1.82) is 0 Å². The average molecular weight is 347 g/mol. The maximum Gasteiger partial charge on any atom is 0.270 e. The summed E-state index contributed by atoms with van der Waals surface area (Å²) < 4.78 is 0. The summed E-state index contributed by atoms with van der Waals surface area (Å²) in [6.07, 6.45) is 4.94. The lowest BCUT2D eigenvalue weighted by atomic mass is 10.1. The van der Waals surface area contributed by atoms with E-state index in [0.29, 0.717) is 24.6 Å². The van der Waals surface area contributed by atoms with Crippen LogP contribution < -0.4 is 10.6 Å². The van der Waals surface area contributed by atoms with E-state index in [-0.39, 0.29) is 5.91 Å². The minimum Gasteiger partial charge on any atom is -0.364 e. The molecule has 3 rings (SSSR count). The zero-order valence-electron chi connectivity index (χ0n) is 14.4. The van der Waals surface area contributed by atoms with E-state index >= 15 is 0 Å². The molecular formula is C20H21N5O. The number of carbonyl (C=O) groups excluding carboxylic acids is 1. The molecule has 0 aliphatic heterocycles. The molecule has 0 unspecified atom stereocenters. The number of hydrogen-bond donors (Lipinski definition) is 2. The van der Waals surface area contributed by atoms with Gasteiger partial charge in [-0.15, -0.1) is 0 Å². The number of anilines is 1. The van der Waals surface area contributed by atoms with Gasteiger partial charge < -0.3 is 10.6 Å². The topological polar surface area (TPSA) is 79.8 Å². The Morgan fingerprint density at radius 2 is 1.81 bits per heavy atom. The number of aromatic nitrogens is 3. The highest BCUT2D eigenvalue weighted by atomic mass is 16.1. The van der Waals surface area contributed by atoms with E-state index in [1.54, 1.807) is 12.3 Å². The van der Waals surface area contributed by atoms with Crippen molar-refractivity contribution >= 4 is 11.7 Å². The van der Waals surface area contributed by atoms with E-state index in [2.05, 4.69) is 37.7 Å². The Bertz CT molecular complexity index is 824. The first-order chi connectivity index (χ1) is 12.8. The van der Waals surface area contributed by atoms with Crippen molar-refractivity contribution in [2.24, 2.45) is 0 Å². The fourth-order valence-electron chi connectivity index (χ4n) is 2.49. The zero-order chi connectivity index (χ0) is 18.0. The smallest absolute Gasteiger partial charge is 0.270 e. The second kappa shape index (κ2) is 9.27. The van der Waals surface area contributed by atoms with Crippen molar-refractivity contribution in [1.82, 2.24) is 20.3 Å². The highest BCUT2D eigenvalue weighted by Gasteiger charge is 2.08. The molecule has 2 heterocycles. The molecular weight excluding hydrogens is 326 g/mol. The van der Waals surface area contributed by atoms with Crippen molar-refractivity contribution in [3.63, 3.8) is 0 Å². The first kappa shape index (κ1) is 17.5. The summed E-state index contributed by atoms with van der Waals surface area (Å²) in [6.45, 7) is 1.14. The van der Waals surface area contributed by atoms with Crippen molar-refractivity contribution in [2.75, 3.05) is 11.9 Å². The van der Waals surface area contributed by atoms with E-state index in [1.807, 2.05) is 36.4 Å². The van der Waals surface area contributed by atoms with Crippen LogP contribution in [-0.4, -0.2) is 27.4 Å². The van der Waals surface area contributed by atoms with E-state index in [9.17, 15) is 4.79 Å². The van der Waals surface area contributed by atoms with Crippen molar-refractivity contribution in [2.45, 2.75) is 19.4 Å². The molecule has 2 N–H and O–H groups in total. The molecule has 1 aromatic carbocycles.